The first-order valence-corrected chi connectivity index (χ1v) is 9.53. The molecule has 2 aromatic carbocycles. The number of fused-ring (bicyclic) bond motifs is 1. The minimum Gasteiger partial charge on any atom is -0.350 e. The topological polar surface area (TPSA) is 8.17 Å². The summed E-state index contributed by atoms with van der Waals surface area (Å²) in [6.45, 7) is 4.46. The molecule has 0 aliphatic carbocycles. The molecule has 0 radical (unpaired) electrons. The van der Waals surface area contributed by atoms with Gasteiger partial charge < -0.3 is 4.57 Å². The maximum Gasteiger partial charge on any atom is 0.416 e. The monoisotopic (exact) mass is 384 g/mol. The van der Waals surface area contributed by atoms with Crippen molar-refractivity contribution in [2.75, 3.05) is 6.54 Å². The molecule has 1 aliphatic heterocycles. The van der Waals surface area contributed by atoms with Crippen molar-refractivity contribution >= 4 is 0 Å². The minimum absolute atomic E-state index is 0.207. The van der Waals surface area contributed by atoms with Crippen molar-refractivity contribution in [2.45, 2.75) is 38.7 Å². The molecule has 1 aromatic heterocycles. The number of halogens is 3. The molecule has 0 fully saturated rings. The Bertz CT molecular complexity index is 941. The lowest BCUT2D eigenvalue weighted by Gasteiger charge is -2.31. The third kappa shape index (κ3) is 3.85. The second kappa shape index (κ2) is 7.47. The Labute approximate surface area is 163 Å². The number of alkyl halides is 3. The molecule has 1 aliphatic rings. The van der Waals surface area contributed by atoms with Gasteiger partial charge in [-0.15, -0.1) is 0 Å². The first-order valence-electron chi connectivity index (χ1n) is 9.53. The molecule has 3 aromatic rings. The second-order valence-corrected chi connectivity index (χ2v) is 7.46. The zero-order chi connectivity index (χ0) is 19.7. The van der Waals surface area contributed by atoms with Crippen LogP contribution in [0.4, 0.5) is 13.2 Å². The van der Waals surface area contributed by atoms with Crippen LogP contribution in [0.15, 0.2) is 66.9 Å². The average Bonchev–Trinajstić information content (AvgIpc) is 3.04. The Morgan fingerprint density at radius 1 is 0.964 bits per heavy atom. The molecule has 0 N–H and O–H groups in total. The lowest BCUT2D eigenvalue weighted by atomic mass is 9.98. The Balaban J connectivity index is 1.75. The lowest BCUT2D eigenvalue weighted by molar-refractivity contribution is -0.137. The summed E-state index contributed by atoms with van der Waals surface area (Å²) in [5.74, 6) is 0. The molecule has 0 spiro atoms. The Hall–Kier alpha value is -2.53. The van der Waals surface area contributed by atoms with Gasteiger partial charge in [0.15, 0.2) is 0 Å². The van der Waals surface area contributed by atoms with Gasteiger partial charge in [0.2, 0.25) is 0 Å². The molecule has 0 saturated carbocycles. The fourth-order valence-corrected chi connectivity index (χ4v) is 4.00. The summed E-state index contributed by atoms with van der Waals surface area (Å²) in [5, 5.41) is 0. The molecule has 146 valence electrons. The smallest absolute Gasteiger partial charge is 0.350 e. The number of nitrogens with zero attached hydrogens (tertiary/aromatic N) is 2. The van der Waals surface area contributed by atoms with Crippen LogP contribution in [0.1, 0.15) is 40.4 Å². The molecule has 1 atom stereocenters. The standard InChI is InChI=1S/C23H23F3N2/c1-17-8-10-18(11-9-17)16-28-14-4-13-27-12-3-7-21(27)22(28)19-5-2-6-20(15-19)23(24,25)26/h2-3,5-12,15,22H,4,13-14,16H2,1H3/t22-/m1/s1. The van der Waals surface area contributed by atoms with Crippen molar-refractivity contribution in [2.24, 2.45) is 0 Å². The van der Waals surface area contributed by atoms with Gasteiger partial charge in [0, 0.05) is 31.5 Å². The van der Waals surface area contributed by atoms with E-state index in [9.17, 15) is 13.2 Å². The summed E-state index contributed by atoms with van der Waals surface area (Å²) >= 11 is 0. The van der Waals surface area contributed by atoms with Gasteiger partial charge in [-0.25, -0.2) is 0 Å². The highest BCUT2D eigenvalue weighted by molar-refractivity contribution is 5.34. The molecule has 4 rings (SSSR count). The van der Waals surface area contributed by atoms with E-state index in [0.29, 0.717) is 12.1 Å². The number of rotatable bonds is 3. The van der Waals surface area contributed by atoms with E-state index in [1.165, 1.54) is 23.3 Å². The SMILES string of the molecule is Cc1ccc(CN2CCCn3cccc3[C@H]2c2cccc(C(F)(F)F)c2)cc1. The molecule has 28 heavy (non-hydrogen) atoms. The summed E-state index contributed by atoms with van der Waals surface area (Å²) in [4.78, 5) is 2.29. The van der Waals surface area contributed by atoms with Crippen LogP contribution in [0.3, 0.4) is 0 Å². The van der Waals surface area contributed by atoms with Crippen LogP contribution >= 0.6 is 0 Å². The van der Waals surface area contributed by atoms with E-state index in [-0.39, 0.29) is 6.04 Å². The van der Waals surface area contributed by atoms with Crippen LogP contribution in [0.25, 0.3) is 0 Å². The van der Waals surface area contributed by atoms with E-state index in [1.807, 2.05) is 31.3 Å². The Morgan fingerprint density at radius 3 is 2.50 bits per heavy atom. The summed E-state index contributed by atoms with van der Waals surface area (Å²) in [6, 6.07) is 17.9. The molecule has 2 nitrogen and oxygen atoms in total. The van der Waals surface area contributed by atoms with E-state index in [4.69, 9.17) is 0 Å². The third-order valence-electron chi connectivity index (χ3n) is 5.39. The quantitative estimate of drug-likeness (QED) is 0.553. The van der Waals surface area contributed by atoms with Crippen molar-refractivity contribution < 1.29 is 13.2 Å². The van der Waals surface area contributed by atoms with Gasteiger partial charge in [0.1, 0.15) is 0 Å². The molecular formula is C23H23F3N2. The van der Waals surface area contributed by atoms with E-state index in [1.54, 1.807) is 0 Å². The number of aromatic nitrogens is 1. The van der Waals surface area contributed by atoms with Crippen molar-refractivity contribution in [3.8, 4) is 0 Å². The number of hydrogen-bond donors (Lipinski definition) is 0. The van der Waals surface area contributed by atoms with Crippen molar-refractivity contribution in [1.29, 1.82) is 0 Å². The summed E-state index contributed by atoms with van der Waals surface area (Å²) in [5.41, 5.74) is 3.50. The average molecular weight is 384 g/mol. The highest BCUT2D eigenvalue weighted by atomic mass is 19.4. The van der Waals surface area contributed by atoms with Crippen molar-refractivity contribution in [3.05, 3.63) is 94.8 Å². The van der Waals surface area contributed by atoms with Gasteiger partial charge >= 0.3 is 6.18 Å². The number of benzene rings is 2. The summed E-state index contributed by atoms with van der Waals surface area (Å²) < 4.78 is 42.1. The zero-order valence-electron chi connectivity index (χ0n) is 15.8. The maximum absolute atomic E-state index is 13.3. The highest BCUT2D eigenvalue weighted by Gasteiger charge is 2.33. The Kier molecular flexibility index (Phi) is 5.02. The summed E-state index contributed by atoms with van der Waals surface area (Å²) in [6.07, 6.45) is -1.36. The predicted octanol–water partition coefficient (Wildman–Crippen LogP) is 5.81. The van der Waals surface area contributed by atoms with Gasteiger partial charge in [0.25, 0.3) is 0 Å². The second-order valence-electron chi connectivity index (χ2n) is 7.46. The van der Waals surface area contributed by atoms with Crippen LogP contribution < -0.4 is 0 Å². The molecule has 0 bridgehead atoms. The first-order chi connectivity index (χ1) is 13.4. The Morgan fingerprint density at radius 2 is 1.75 bits per heavy atom. The van der Waals surface area contributed by atoms with Gasteiger partial charge in [-0.2, -0.15) is 13.2 Å². The first kappa shape index (κ1) is 18.8. The van der Waals surface area contributed by atoms with Gasteiger partial charge in [0.05, 0.1) is 11.6 Å². The van der Waals surface area contributed by atoms with E-state index in [2.05, 4.69) is 33.7 Å². The fraction of sp³-hybridized carbons (Fsp3) is 0.304. The van der Waals surface area contributed by atoms with Gasteiger partial charge in [-0.1, -0.05) is 42.0 Å². The van der Waals surface area contributed by atoms with E-state index < -0.39 is 11.7 Å². The zero-order valence-corrected chi connectivity index (χ0v) is 15.8. The fourth-order valence-electron chi connectivity index (χ4n) is 4.00. The van der Waals surface area contributed by atoms with E-state index >= 15 is 0 Å². The number of hydrogen-bond acceptors (Lipinski definition) is 1. The minimum atomic E-state index is -4.34. The van der Waals surface area contributed by atoms with Crippen LogP contribution in [0.2, 0.25) is 0 Å². The number of aryl methyl sites for hydroxylation is 2. The molecule has 0 saturated heterocycles. The van der Waals surface area contributed by atoms with Crippen LogP contribution in [-0.4, -0.2) is 16.0 Å². The van der Waals surface area contributed by atoms with Crippen LogP contribution in [0.5, 0.6) is 0 Å². The largest absolute Gasteiger partial charge is 0.416 e. The molecule has 2 heterocycles. The summed E-state index contributed by atoms with van der Waals surface area (Å²) in [7, 11) is 0. The lowest BCUT2D eigenvalue weighted by Crippen LogP contribution is -2.29. The highest BCUT2D eigenvalue weighted by Crippen LogP contribution is 2.36. The van der Waals surface area contributed by atoms with E-state index in [0.717, 1.165) is 31.3 Å². The van der Waals surface area contributed by atoms with Gasteiger partial charge in [-0.05, 0) is 48.7 Å². The maximum atomic E-state index is 13.3. The van der Waals surface area contributed by atoms with Crippen LogP contribution in [0, 0.1) is 6.92 Å². The normalized spacial score (nSPS) is 17.9. The van der Waals surface area contributed by atoms with Crippen molar-refractivity contribution in [3.63, 3.8) is 0 Å². The van der Waals surface area contributed by atoms with Crippen LogP contribution in [-0.2, 0) is 19.3 Å². The molecule has 0 unspecified atom stereocenters. The third-order valence-corrected chi connectivity index (χ3v) is 5.39. The van der Waals surface area contributed by atoms with Crippen molar-refractivity contribution in [1.82, 2.24) is 9.47 Å². The molecule has 5 heteroatoms. The predicted molar refractivity (Wildman–Crippen MR) is 104 cm³/mol. The molecular weight excluding hydrogens is 361 g/mol. The van der Waals surface area contributed by atoms with Gasteiger partial charge in [-0.3, -0.25) is 4.90 Å². The molecule has 0 amide bonds.